The molecule has 4 nitrogen and oxygen atoms in total. The number of H-pyrrole nitrogens is 1. The molecule has 53 heavy (non-hydrogen) atoms. The number of aromatic nitrogens is 1. The van der Waals surface area contributed by atoms with Crippen LogP contribution < -0.4 is 15.8 Å². The maximum Gasteiger partial charge on any atom is 0.194 e. The fourth-order valence-corrected chi connectivity index (χ4v) is 9.38. The summed E-state index contributed by atoms with van der Waals surface area (Å²) in [6.07, 6.45) is 0. The summed E-state index contributed by atoms with van der Waals surface area (Å²) >= 11 is 1.76. The molecule has 0 aliphatic carbocycles. The molecule has 0 radical (unpaired) electrons. The van der Waals surface area contributed by atoms with Gasteiger partial charge in [0.1, 0.15) is 0 Å². The lowest BCUT2D eigenvalue weighted by Crippen LogP contribution is -2.15. The summed E-state index contributed by atoms with van der Waals surface area (Å²) in [6.45, 7) is 0. The van der Waals surface area contributed by atoms with Crippen molar-refractivity contribution in [3.63, 3.8) is 0 Å². The van der Waals surface area contributed by atoms with Crippen molar-refractivity contribution in [2.45, 2.75) is 9.79 Å². The molecule has 1 aromatic heterocycles. The molecule has 0 spiro atoms. The molecule has 0 unspecified atom stereocenters. The summed E-state index contributed by atoms with van der Waals surface area (Å²) in [6, 6.07) is 55.2. The van der Waals surface area contributed by atoms with Gasteiger partial charge in [-0.2, -0.15) is 0 Å². The molecule has 10 aromatic rings. The monoisotopic (exact) mass is 696 g/mol. The van der Waals surface area contributed by atoms with Crippen molar-refractivity contribution in [2.75, 3.05) is 4.90 Å². The fraction of sp³-hybridized carbons (Fsp3) is 0. The Kier molecular flexibility index (Phi) is 6.45. The molecule has 0 bridgehead atoms. The first kappa shape index (κ1) is 30.0. The molecule has 9 aromatic carbocycles. The van der Waals surface area contributed by atoms with E-state index in [1.165, 1.54) is 5.39 Å². The van der Waals surface area contributed by atoms with Crippen LogP contribution in [0, 0.1) is 0 Å². The summed E-state index contributed by atoms with van der Waals surface area (Å²) in [4.78, 5) is 37.4. The average molecular weight is 697 g/mol. The molecule has 2 heterocycles. The summed E-state index contributed by atoms with van der Waals surface area (Å²) in [5, 5.41) is 7.99. The topological polar surface area (TPSA) is 53.2 Å². The smallest absolute Gasteiger partial charge is 0.194 e. The van der Waals surface area contributed by atoms with Gasteiger partial charge in [-0.15, -0.1) is 0 Å². The van der Waals surface area contributed by atoms with Crippen LogP contribution in [-0.4, -0.2) is 4.98 Å². The molecular weight excluding hydrogens is 669 g/mol. The largest absolute Gasteiger partial charge is 0.354 e. The minimum absolute atomic E-state index is 0.0579. The van der Waals surface area contributed by atoms with Gasteiger partial charge in [0.25, 0.3) is 0 Å². The predicted molar refractivity (Wildman–Crippen MR) is 223 cm³/mol. The fourth-order valence-electron chi connectivity index (χ4n) is 8.32. The van der Waals surface area contributed by atoms with Crippen molar-refractivity contribution in [1.29, 1.82) is 0 Å². The minimum atomic E-state index is -0.0625. The average Bonchev–Trinajstić information content (AvgIpc) is 3.42. The molecule has 0 saturated carbocycles. The second-order valence-corrected chi connectivity index (χ2v) is 14.7. The highest BCUT2D eigenvalue weighted by Gasteiger charge is 2.26. The van der Waals surface area contributed by atoms with Gasteiger partial charge < -0.3 is 9.88 Å². The van der Waals surface area contributed by atoms with Crippen LogP contribution in [0.5, 0.6) is 0 Å². The molecule has 0 atom stereocenters. The summed E-state index contributed by atoms with van der Waals surface area (Å²) < 4.78 is 0. The van der Waals surface area contributed by atoms with Gasteiger partial charge in [0, 0.05) is 58.5 Å². The molecule has 11 rings (SSSR count). The predicted octanol–water partition coefficient (Wildman–Crippen LogP) is 12.3. The van der Waals surface area contributed by atoms with Crippen molar-refractivity contribution in [3.8, 4) is 11.1 Å². The normalized spacial score (nSPS) is 12.6. The second-order valence-electron chi connectivity index (χ2n) is 13.6. The van der Waals surface area contributed by atoms with Gasteiger partial charge in [-0.3, -0.25) is 9.59 Å². The standard InChI is InChI=1S/C48H28N2O2S/c51-47-36-12-8-16-41(50-42-14-3-5-17-44(42)53-45-18-6-4-15-43(45)50)35(36)24-23-32-31-21-19-28-9-7-11-30(46(28)48(52)38(31)26-25-37(32)47)29-20-22-34-33-10-1-2-13-39(33)49-40(34)27-29/h1-27,49H. The molecule has 5 heteroatoms. The minimum Gasteiger partial charge on any atom is -0.354 e. The van der Waals surface area contributed by atoms with Gasteiger partial charge in [0.05, 0.1) is 17.1 Å². The number of hydrogen-bond acceptors (Lipinski definition) is 4. The number of nitrogens with zero attached hydrogens (tertiary/aromatic N) is 1. The Morgan fingerprint density at radius 1 is 0.415 bits per heavy atom. The van der Waals surface area contributed by atoms with Crippen LogP contribution in [0.2, 0.25) is 0 Å². The zero-order valence-electron chi connectivity index (χ0n) is 28.3. The SMILES string of the molecule is O=c1c2cccc(N3c4ccccc4Sc4ccccc43)c2ccc2c1ccc1c(=O)c3c(-c4ccc5c(c4)[nH]c4ccccc45)cccc3ccc12. The quantitative estimate of drug-likeness (QED) is 0.195. The van der Waals surface area contributed by atoms with Crippen LogP contribution in [0.15, 0.2) is 183 Å². The Labute approximate surface area is 307 Å². The Morgan fingerprint density at radius 2 is 0.981 bits per heavy atom. The summed E-state index contributed by atoms with van der Waals surface area (Å²) in [5.41, 5.74) is 6.93. The zero-order chi connectivity index (χ0) is 35.2. The van der Waals surface area contributed by atoms with Crippen LogP contribution >= 0.6 is 11.8 Å². The van der Waals surface area contributed by atoms with E-state index in [1.807, 2.05) is 66.7 Å². The lowest BCUT2D eigenvalue weighted by molar-refractivity contribution is 1.17. The number of para-hydroxylation sites is 3. The van der Waals surface area contributed by atoms with Gasteiger partial charge in [-0.05, 0) is 81.9 Å². The number of benzene rings is 7. The third kappa shape index (κ3) is 4.44. The van der Waals surface area contributed by atoms with E-state index in [-0.39, 0.29) is 10.9 Å². The van der Waals surface area contributed by atoms with Crippen molar-refractivity contribution >= 4 is 93.7 Å². The molecule has 1 N–H and O–H groups in total. The van der Waals surface area contributed by atoms with Gasteiger partial charge in [0.15, 0.2) is 10.9 Å². The number of hydrogen-bond donors (Lipinski definition) is 1. The first-order valence-electron chi connectivity index (χ1n) is 17.7. The van der Waals surface area contributed by atoms with E-state index in [1.54, 1.807) is 11.8 Å². The molecule has 0 amide bonds. The lowest BCUT2D eigenvalue weighted by atomic mass is 9.97. The van der Waals surface area contributed by atoms with E-state index >= 15 is 0 Å². The van der Waals surface area contributed by atoms with Gasteiger partial charge in [-0.25, -0.2) is 0 Å². The first-order chi connectivity index (χ1) is 26.1. The van der Waals surface area contributed by atoms with E-state index in [4.69, 9.17) is 0 Å². The van der Waals surface area contributed by atoms with E-state index in [2.05, 4.69) is 107 Å². The van der Waals surface area contributed by atoms with Crippen LogP contribution in [-0.2, 0) is 0 Å². The van der Waals surface area contributed by atoms with Crippen molar-refractivity contribution < 1.29 is 0 Å². The van der Waals surface area contributed by atoms with Crippen molar-refractivity contribution in [2.24, 2.45) is 0 Å². The number of fused-ring (bicyclic) bond motifs is 10. The van der Waals surface area contributed by atoms with Crippen molar-refractivity contribution in [1.82, 2.24) is 4.98 Å². The Bertz CT molecular complexity index is 3290. The lowest BCUT2D eigenvalue weighted by Gasteiger charge is -2.33. The van der Waals surface area contributed by atoms with E-state index in [9.17, 15) is 9.59 Å². The van der Waals surface area contributed by atoms with Crippen LogP contribution in [0.1, 0.15) is 0 Å². The van der Waals surface area contributed by atoms with Gasteiger partial charge in [-0.1, -0.05) is 121 Å². The third-order valence-corrected chi connectivity index (χ3v) is 11.9. The molecule has 1 aliphatic rings. The van der Waals surface area contributed by atoms with Crippen LogP contribution in [0.4, 0.5) is 17.1 Å². The highest BCUT2D eigenvalue weighted by molar-refractivity contribution is 7.99. The molecule has 248 valence electrons. The Morgan fingerprint density at radius 3 is 1.79 bits per heavy atom. The maximum atomic E-state index is 14.7. The number of anilines is 3. The van der Waals surface area contributed by atoms with Gasteiger partial charge >= 0.3 is 0 Å². The zero-order valence-corrected chi connectivity index (χ0v) is 29.1. The Hall–Kier alpha value is -6.69. The highest BCUT2D eigenvalue weighted by Crippen LogP contribution is 2.52. The summed E-state index contributed by atoms with van der Waals surface area (Å²) in [7, 11) is 0. The van der Waals surface area contributed by atoms with Crippen molar-refractivity contribution in [3.05, 3.63) is 184 Å². The van der Waals surface area contributed by atoms with E-state index in [0.29, 0.717) is 21.5 Å². The first-order valence-corrected chi connectivity index (χ1v) is 18.5. The Balaban J connectivity index is 1.15. The van der Waals surface area contributed by atoms with Gasteiger partial charge in [0.2, 0.25) is 0 Å². The van der Waals surface area contributed by atoms with Crippen LogP contribution in [0.3, 0.4) is 0 Å². The second kappa shape index (κ2) is 11.4. The molecule has 0 saturated heterocycles. The van der Waals surface area contributed by atoms with E-state index in [0.717, 1.165) is 75.9 Å². The van der Waals surface area contributed by atoms with E-state index < -0.39 is 0 Å². The number of aromatic amines is 1. The number of nitrogens with one attached hydrogen (secondary N) is 1. The molecule has 0 fully saturated rings. The number of rotatable bonds is 2. The highest BCUT2D eigenvalue weighted by atomic mass is 32.2. The summed E-state index contributed by atoms with van der Waals surface area (Å²) in [5.74, 6) is 0. The molecule has 1 aliphatic heterocycles. The molecular formula is C48H28N2O2S. The van der Waals surface area contributed by atoms with Crippen LogP contribution in [0.25, 0.3) is 76.0 Å². The third-order valence-electron chi connectivity index (χ3n) is 10.8. The maximum absolute atomic E-state index is 14.7.